The van der Waals surface area contributed by atoms with Gasteiger partial charge in [0, 0.05) is 38.2 Å². The highest BCUT2D eigenvalue weighted by molar-refractivity contribution is 7.99. The lowest BCUT2D eigenvalue weighted by Crippen LogP contribution is -2.55. The minimum Gasteiger partial charge on any atom is -0.379 e. The summed E-state index contributed by atoms with van der Waals surface area (Å²) in [5.74, 6) is 2.83. The van der Waals surface area contributed by atoms with Crippen molar-refractivity contribution < 1.29 is 9.53 Å². The molecular formula is C12H22N2O2S. The number of hydrogen-bond donors (Lipinski definition) is 1. The van der Waals surface area contributed by atoms with Crippen molar-refractivity contribution in [2.75, 3.05) is 38.2 Å². The van der Waals surface area contributed by atoms with Gasteiger partial charge in [0.15, 0.2) is 0 Å². The van der Waals surface area contributed by atoms with Crippen LogP contribution in [0.1, 0.15) is 13.3 Å². The standard InChI is InChI=1S/C12H22N2O2S/c1-9-3-5-14(7-11(9)16-2)12(15)10-8-17-6-4-13-10/h9-11,13H,3-8H2,1-2H3. The third-order valence-electron chi connectivity index (χ3n) is 3.72. The largest absolute Gasteiger partial charge is 0.379 e. The van der Waals surface area contributed by atoms with Gasteiger partial charge >= 0.3 is 0 Å². The smallest absolute Gasteiger partial charge is 0.240 e. The van der Waals surface area contributed by atoms with Crippen molar-refractivity contribution in [1.29, 1.82) is 0 Å². The van der Waals surface area contributed by atoms with Crippen LogP contribution in [0.3, 0.4) is 0 Å². The first-order valence-corrected chi connectivity index (χ1v) is 7.50. The van der Waals surface area contributed by atoms with Crippen molar-refractivity contribution in [3.05, 3.63) is 0 Å². The fourth-order valence-corrected chi connectivity index (χ4v) is 3.41. The Hall–Kier alpha value is -0.260. The van der Waals surface area contributed by atoms with E-state index in [4.69, 9.17) is 4.74 Å². The fourth-order valence-electron chi connectivity index (χ4n) is 2.49. The van der Waals surface area contributed by atoms with Crippen LogP contribution in [0.25, 0.3) is 0 Å². The van der Waals surface area contributed by atoms with E-state index in [1.54, 1.807) is 7.11 Å². The molecule has 2 saturated heterocycles. The maximum absolute atomic E-state index is 12.3. The van der Waals surface area contributed by atoms with Gasteiger partial charge in [0.25, 0.3) is 0 Å². The number of carbonyl (C=O) groups excluding carboxylic acids is 1. The van der Waals surface area contributed by atoms with Crippen LogP contribution >= 0.6 is 11.8 Å². The molecule has 98 valence electrons. The van der Waals surface area contributed by atoms with Crippen LogP contribution in [0.15, 0.2) is 0 Å². The average molecular weight is 258 g/mol. The molecule has 2 heterocycles. The second kappa shape index (κ2) is 6.07. The molecule has 3 atom stereocenters. The normalized spacial score (nSPS) is 34.7. The molecule has 2 rings (SSSR count). The van der Waals surface area contributed by atoms with Crippen molar-refractivity contribution in [2.45, 2.75) is 25.5 Å². The predicted molar refractivity (Wildman–Crippen MR) is 70.3 cm³/mol. The monoisotopic (exact) mass is 258 g/mol. The van der Waals surface area contributed by atoms with E-state index in [0.717, 1.165) is 37.6 Å². The van der Waals surface area contributed by atoms with E-state index in [1.165, 1.54) is 0 Å². The average Bonchev–Trinajstić information content (AvgIpc) is 2.39. The van der Waals surface area contributed by atoms with E-state index in [2.05, 4.69) is 12.2 Å². The van der Waals surface area contributed by atoms with Gasteiger partial charge in [-0.2, -0.15) is 11.8 Å². The van der Waals surface area contributed by atoms with Gasteiger partial charge in [0.05, 0.1) is 12.1 Å². The van der Waals surface area contributed by atoms with Crippen LogP contribution in [0.4, 0.5) is 0 Å². The molecule has 1 N–H and O–H groups in total. The molecule has 0 aliphatic carbocycles. The summed E-state index contributed by atoms with van der Waals surface area (Å²) in [4.78, 5) is 14.3. The Morgan fingerprint density at radius 3 is 3.00 bits per heavy atom. The van der Waals surface area contributed by atoms with Crippen molar-refractivity contribution >= 4 is 17.7 Å². The van der Waals surface area contributed by atoms with E-state index >= 15 is 0 Å². The number of piperidine rings is 1. The Balaban J connectivity index is 1.90. The Morgan fingerprint density at radius 1 is 1.53 bits per heavy atom. The SMILES string of the molecule is COC1CN(C(=O)C2CSCCN2)CCC1C. The molecule has 0 aromatic carbocycles. The highest BCUT2D eigenvalue weighted by Crippen LogP contribution is 2.21. The number of amides is 1. The topological polar surface area (TPSA) is 41.6 Å². The van der Waals surface area contributed by atoms with Gasteiger partial charge in [-0.05, 0) is 12.3 Å². The van der Waals surface area contributed by atoms with Crippen LogP contribution in [-0.2, 0) is 9.53 Å². The van der Waals surface area contributed by atoms with Crippen molar-refractivity contribution in [2.24, 2.45) is 5.92 Å². The third-order valence-corrected chi connectivity index (χ3v) is 4.79. The van der Waals surface area contributed by atoms with Crippen LogP contribution in [0, 0.1) is 5.92 Å². The van der Waals surface area contributed by atoms with E-state index in [1.807, 2.05) is 16.7 Å². The van der Waals surface area contributed by atoms with Gasteiger partial charge in [-0.1, -0.05) is 6.92 Å². The molecule has 4 nitrogen and oxygen atoms in total. The van der Waals surface area contributed by atoms with Gasteiger partial charge in [0.1, 0.15) is 0 Å². The first-order chi connectivity index (χ1) is 8.22. The van der Waals surface area contributed by atoms with Crippen LogP contribution in [0.2, 0.25) is 0 Å². The van der Waals surface area contributed by atoms with Crippen LogP contribution in [0.5, 0.6) is 0 Å². The van der Waals surface area contributed by atoms with E-state index < -0.39 is 0 Å². The molecule has 0 radical (unpaired) electrons. The quantitative estimate of drug-likeness (QED) is 0.786. The maximum atomic E-state index is 12.3. The van der Waals surface area contributed by atoms with E-state index in [-0.39, 0.29) is 18.1 Å². The zero-order valence-electron chi connectivity index (χ0n) is 10.6. The lowest BCUT2D eigenvalue weighted by molar-refractivity contribution is -0.137. The predicted octanol–water partition coefficient (Wildman–Crippen LogP) is 0.575. The van der Waals surface area contributed by atoms with Crippen LogP contribution < -0.4 is 5.32 Å². The Kier molecular flexibility index (Phi) is 4.70. The number of nitrogens with one attached hydrogen (secondary N) is 1. The molecule has 5 heteroatoms. The summed E-state index contributed by atoms with van der Waals surface area (Å²) >= 11 is 1.86. The van der Waals surface area contributed by atoms with Crippen LogP contribution in [-0.4, -0.2) is 61.2 Å². The Labute approximate surface area is 107 Å². The molecule has 1 amide bonds. The summed E-state index contributed by atoms with van der Waals surface area (Å²) in [6.45, 7) is 4.77. The lowest BCUT2D eigenvalue weighted by atomic mass is 9.95. The highest BCUT2D eigenvalue weighted by atomic mass is 32.2. The van der Waals surface area contributed by atoms with Gasteiger partial charge in [-0.25, -0.2) is 0 Å². The maximum Gasteiger partial charge on any atom is 0.240 e. The molecular weight excluding hydrogens is 236 g/mol. The lowest BCUT2D eigenvalue weighted by Gasteiger charge is -2.38. The molecule has 2 aliphatic rings. The molecule has 2 aliphatic heterocycles. The van der Waals surface area contributed by atoms with Crippen molar-refractivity contribution in [3.8, 4) is 0 Å². The Bertz CT molecular complexity index is 269. The number of thioether (sulfide) groups is 1. The number of hydrogen-bond acceptors (Lipinski definition) is 4. The zero-order chi connectivity index (χ0) is 12.3. The molecule has 0 bridgehead atoms. The van der Waals surface area contributed by atoms with Gasteiger partial charge in [-0.15, -0.1) is 0 Å². The second-order valence-electron chi connectivity index (χ2n) is 4.91. The number of carbonyl (C=O) groups is 1. The summed E-state index contributed by atoms with van der Waals surface area (Å²) in [6, 6.07) is 0.0136. The van der Waals surface area contributed by atoms with Gasteiger partial charge in [-0.3, -0.25) is 4.79 Å². The number of rotatable bonds is 2. The zero-order valence-corrected chi connectivity index (χ0v) is 11.5. The molecule has 0 aromatic heterocycles. The molecule has 3 unspecified atom stereocenters. The molecule has 0 saturated carbocycles. The molecule has 0 aromatic rings. The summed E-state index contributed by atoms with van der Waals surface area (Å²) in [7, 11) is 1.74. The Morgan fingerprint density at radius 2 is 2.35 bits per heavy atom. The van der Waals surface area contributed by atoms with Gasteiger partial charge in [0.2, 0.25) is 5.91 Å². The minimum absolute atomic E-state index is 0.0136. The van der Waals surface area contributed by atoms with E-state index in [0.29, 0.717) is 5.92 Å². The summed E-state index contributed by atoms with van der Waals surface area (Å²) < 4.78 is 5.45. The summed E-state index contributed by atoms with van der Waals surface area (Å²) in [5.41, 5.74) is 0. The van der Waals surface area contributed by atoms with Crippen molar-refractivity contribution in [1.82, 2.24) is 10.2 Å². The fraction of sp³-hybridized carbons (Fsp3) is 0.917. The second-order valence-corrected chi connectivity index (χ2v) is 6.06. The first-order valence-electron chi connectivity index (χ1n) is 6.35. The third kappa shape index (κ3) is 3.14. The molecule has 0 spiro atoms. The van der Waals surface area contributed by atoms with E-state index in [9.17, 15) is 4.79 Å². The number of methoxy groups -OCH3 is 1. The number of nitrogens with zero attached hydrogens (tertiary/aromatic N) is 1. The first kappa shape index (κ1) is 13.2. The highest BCUT2D eigenvalue weighted by Gasteiger charge is 2.32. The molecule has 17 heavy (non-hydrogen) atoms. The number of likely N-dealkylation sites (tertiary alicyclic amines) is 1. The minimum atomic E-state index is 0.0136. The molecule has 2 fully saturated rings. The summed E-state index contributed by atoms with van der Waals surface area (Å²) in [6.07, 6.45) is 1.24. The van der Waals surface area contributed by atoms with Gasteiger partial charge < -0.3 is 15.0 Å². The van der Waals surface area contributed by atoms with Crippen molar-refractivity contribution in [3.63, 3.8) is 0 Å². The summed E-state index contributed by atoms with van der Waals surface area (Å²) in [5, 5.41) is 3.31. The number of ether oxygens (including phenoxy) is 1.